The first kappa shape index (κ1) is 17.6. The Hall–Kier alpha value is -2.19. The van der Waals surface area contributed by atoms with Crippen LogP contribution in [0.15, 0.2) is 28.4 Å². The van der Waals surface area contributed by atoms with E-state index < -0.39 is 19.4 Å². The third kappa shape index (κ3) is 3.91. The predicted molar refractivity (Wildman–Crippen MR) is 90.9 cm³/mol. The van der Waals surface area contributed by atoms with Crippen LogP contribution in [0.2, 0.25) is 0 Å². The van der Waals surface area contributed by atoms with Gasteiger partial charge in [0, 0.05) is 10.9 Å². The summed E-state index contributed by atoms with van der Waals surface area (Å²) in [5.41, 5.74) is 3.55. The van der Waals surface area contributed by atoms with Crippen molar-refractivity contribution in [2.45, 2.75) is 26.6 Å². The van der Waals surface area contributed by atoms with Gasteiger partial charge in [-0.25, -0.2) is 4.98 Å². The summed E-state index contributed by atoms with van der Waals surface area (Å²) >= 11 is 1.28. The van der Waals surface area contributed by atoms with Gasteiger partial charge in [0.2, 0.25) is 0 Å². The topological polar surface area (TPSA) is 55.0 Å². The Labute approximate surface area is 145 Å². The molecule has 0 atom stereocenters. The third-order valence-corrected chi connectivity index (χ3v) is 4.69. The summed E-state index contributed by atoms with van der Waals surface area (Å²) in [4.78, 5) is 19.6. The van der Waals surface area contributed by atoms with Crippen molar-refractivity contribution >= 4 is 21.6 Å². The fraction of sp³-hybridized carbons (Fsp3) is 0.294. The molecule has 0 saturated carbocycles. The molecule has 0 fully saturated rings. The summed E-state index contributed by atoms with van der Waals surface area (Å²) in [5, 5.41) is 2.27. The summed E-state index contributed by atoms with van der Waals surface area (Å²) in [6, 6.07) is 5.91. The van der Waals surface area contributed by atoms with Crippen LogP contribution in [-0.2, 0) is 11.3 Å². The molecule has 3 aromatic rings. The molecule has 3 rings (SSSR count). The van der Waals surface area contributed by atoms with Crippen LogP contribution in [0.25, 0.3) is 21.3 Å². The molecule has 0 amide bonds. The lowest BCUT2D eigenvalue weighted by molar-refractivity contribution is -0.177. The van der Waals surface area contributed by atoms with E-state index >= 15 is 0 Å². The van der Waals surface area contributed by atoms with Gasteiger partial charge in [0.05, 0.1) is 5.39 Å². The number of aromatic amines is 1. The van der Waals surface area contributed by atoms with Crippen LogP contribution in [0.3, 0.4) is 0 Å². The number of hydrogen-bond donors (Lipinski definition) is 1. The molecule has 1 N–H and O–H groups in total. The molecule has 0 radical (unpaired) electrons. The van der Waals surface area contributed by atoms with Crippen molar-refractivity contribution in [3.05, 3.63) is 50.9 Å². The van der Waals surface area contributed by atoms with Gasteiger partial charge >= 0.3 is 6.18 Å². The van der Waals surface area contributed by atoms with Crippen molar-refractivity contribution in [1.82, 2.24) is 9.97 Å². The highest BCUT2D eigenvalue weighted by atomic mass is 32.1. The second-order valence-electron chi connectivity index (χ2n) is 5.75. The van der Waals surface area contributed by atoms with Crippen molar-refractivity contribution in [2.24, 2.45) is 0 Å². The second kappa shape index (κ2) is 6.61. The van der Waals surface area contributed by atoms with E-state index in [0.29, 0.717) is 10.2 Å². The van der Waals surface area contributed by atoms with Crippen LogP contribution in [-0.4, -0.2) is 22.8 Å². The van der Waals surface area contributed by atoms with E-state index in [9.17, 15) is 18.0 Å². The van der Waals surface area contributed by atoms with Crippen molar-refractivity contribution in [2.75, 3.05) is 6.61 Å². The zero-order valence-electron chi connectivity index (χ0n) is 13.5. The first-order valence-corrected chi connectivity index (χ1v) is 8.35. The molecule has 4 nitrogen and oxygen atoms in total. The molecule has 0 aliphatic rings. The van der Waals surface area contributed by atoms with E-state index in [2.05, 4.69) is 14.7 Å². The molecule has 2 aromatic heterocycles. The van der Waals surface area contributed by atoms with Crippen molar-refractivity contribution in [3.8, 4) is 11.1 Å². The highest BCUT2D eigenvalue weighted by Crippen LogP contribution is 2.31. The van der Waals surface area contributed by atoms with Gasteiger partial charge in [0.25, 0.3) is 5.56 Å². The lowest BCUT2D eigenvalue weighted by Crippen LogP contribution is -2.18. The van der Waals surface area contributed by atoms with E-state index in [4.69, 9.17) is 0 Å². The number of thiophene rings is 1. The molecule has 0 unspecified atom stereocenters. The number of rotatable bonds is 4. The Morgan fingerprint density at radius 3 is 2.68 bits per heavy atom. The van der Waals surface area contributed by atoms with E-state index in [1.165, 1.54) is 11.3 Å². The van der Waals surface area contributed by atoms with Crippen LogP contribution in [0.4, 0.5) is 13.2 Å². The number of benzene rings is 1. The first-order chi connectivity index (χ1) is 11.7. The number of nitrogens with one attached hydrogen (secondary N) is 1. The molecule has 0 saturated heterocycles. The minimum Gasteiger partial charge on any atom is -0.364 e. The van der Waals surface area contributed by atoms with Crippen LogP contribution in [0.1, 0.15) is 17.0 Å². The Bertz CT molecular complexity index is 976. The fourth-order valence-corrected chi connectivity index (χ4v) is 3.41. The summed E-state index contributed by atoms with van der Waals surface area (Å²) in [6.45, 7) is 2.22. The Kier molecular flexibility index (Phi) is 4.66. The van der Waals surface area contributed by atoms with Gasteiger partial charge in [-0.2, -0.15) is 13.2 Å². The molecule has 0 bridgehead atoms. The lowest BCUT2D eigenvalue weighted by Gasteiger charge is -2.07. The molecule has 0 aliphatic heterocycles. The van der Waals surface area contributed by atoms with Crippen molar-refractivity contribution in [1.29, 1.82) is 0 Å². The molecular weight excluding hydrogens is 353 g/mol. The Balaban J connectivity index is 1.94. The first-order valence-electron chi connectivity index (χ1n) is 7.47. The summed E-state index contributed by atoms with van der Waals surface area (Å²) < 4.78 is 40.9. The standard InChI is InChI=1S/C17H15F3N2O2S/c1-9-3-4-11(5-10(9)2)12-7-25-16-14(12)15(23)21-13(22-16)6-24-8-17(18,19)20/h3-5,7H,6,8H2,1-2H3,(H,21,22,23). The second-order valence-corrected chi connectivity index (χ2v) is 6.61. The number of fused-ring (bicyclic) bond motifs is 1. The largest absolute Gasteiger partial charge is 0.411 e. The van der Waals surface area contributed by atoms with Gasteiger partial charge in [-0.3, -0.25) is 4.79 Å². The molecule has 0 aliphatic carbocycles. The fourth-order valence-electron chi connectivity index (χ4n) is 2.45. The molecule has 2 heterocycles. The molecule has 0 spiro atoms. The molecule has 25 heavy (non-hydrogen) atoms. The molecule has 132 valence electrons. The van der Waals surface area contributed by atoms with Crippen LogP contribution >= 0.6 is 11.3 Å². The summed E-state index contributed by atoms with van der Waals surface area (Å²) in [5.74, 6) is 0.0789. The number of halogens is 3. The quantitative estimate of drug-likeness (QED) is 0.745. The SMILES string of the molecule is Cc1ccc(-c2csc3nc(COCC(F)(F)F)[nH]c(=O)c23)cc1C. The lowest BCUT2D eigenvalue weighted by atomic mass is 10.0. The van der Waals surface area contributed by atoms with Gasteiger partial charge in [0.15, 0.2) is 0 Å². The van der Waals surface area contributed by atoms with Crippen molar-refractivity contribution < 1.29 is 17.9 Å². The van der Waals surface area contributed by atoms with Gasteiger partial charge < -0.3 is 9.72 Å². The maximum Gasteiger partial charge on any atom is 0.411 e. The molecular formula is C17H15F3N2O2S. The van der Waals surface area contributed by atoms with Gasteiger partial charge in [-0.1, -0.05) is 18.2 Å². The van der Waals surface area contributed by atoms with Gasteiger partial charge in [-0.15, -0.1) is 11.3 Å². The van der Waals surface area contributed by atoms with E-state index in [1.807, 2.05) is 37.4 Å². The Morgan fingerprint density at radius 1 is 1.24 bits per heavy atom. The summed E-state index contributed by atoms with van der Waals surface area (Å²) in [6.07, 6.45) is -4.41. The number of aryl methyl sites for hydroxylation is 2. The maximum atomic E-state index is 12.4. The number of ether oxygens (including phenoxy) is 1. The zero-order chi connectivity index (χ0) is 18.2. The number of aromatic nitrogens is 2. The minimum atomic E-state index is -4.41. The highest BCUT2D eigenvalue weighted by Gasteiger charge is 2.27. The van der Waals surface area contributed by atoms with Gasteiger partial charge in [-0.05, 0) is 30.5 Å². The zero-order valence-corrected chi connectivity index (χ0v) is 14.3. The number of hydrogen-bond acceptors (Lipinski definition) is 4. The average Bonchev–Trinajstić information content (AvgIpc) is 2.93. The van der Waals surface area contributed by atoms with E-state index in [0.717, 1.165) is 22.3 Å². The Morgan fingerprint density at radius 2 is 2.00 bits per heavy atom. The number of H-pyrrole nitrogens is 1. The summed E-state index contributed by atoms with van der Waals surface area (Å²) in [7, 11) is 0. The van der Waals surface area contributed by atoms with Crippen LogP contribution in [0, 0.1) is 13.8 Å². The number of alkyl halides is 3. The van der Waals surface area contributed by atoms with Crippen LogP contribution in [0.5, 0.6) is 0 Å². The normalized spacial score (nSPS) is 12.0. The van der Waals surface area contributed by atoms with Crippen molar-refractivity contribution in [3.63, 3.8) is 0 Å². The average molecular weight is 368 g/mol. The molecule has 1 aromatic carbocycles. The third-order valence-electron chi connectivity index (χ3n) is 3.82. The van der Waals surface area contributed by atoms with E-state index in [-0.39, 0.29) is 11.4 Å². The minimum absolute atomic E-state index is 0.0789. The molecule has 8 heteroatoms. The van der Waals surface area contributed by atoms with Crippen LogP contribution < -0.4 is 5.56 Å². The number of nitrogens with zero attached hydrogens (tertiary/aromatic N) is 1. The smallest absolute Gasteiger partial charge is 0.364 e. The highest BCUT2D eigenvalue weighted by molar-refractivity contribution is 7.17. The van der Waals surface area contributed by atoms with E-state index in [1.54, 1.807) is 0 Å². The monoisotopic (exact) mass is 368 g/mol. The predicted octanol–water partition coefficient (Wildman–Crippen LogP) is 4.35. The van der Waals surface area contributed by atoms with Gasteiger partial charge in [0.1, 0.15) is 23.9 Å². The maximum absolute atomic E-state index is 12.4.